The fourth-order valence-corrected chi connectivity index (χ4v) is 3.68. The molecule has 3 aromatic rings. The Kier molecular flexibility index (Phi) is 8.04. The van der Waals surface area contributed by atoms with Gasteiger partial charge in [-0.15, -0.1) is 0 Å². The summed E-state index contributed by atoms with van der Waals surface area (Å²) in [4.78, 5) is 24.6. The number of aryl methyl sites for hydroxylation is 1. The Bertz CT molecular complexity index is 1290. The van der Waals surface area contributed by atoms with Crippen molar-refractivity contribution in [1.82, 2.24) is 14.8 Å². The molecule has 0 spiro atoms. The van der Waals surface area contributed by atoms with Crippen molar-refractivity contribution in [2.75, 3.05) is 6.61 Å². The summed E-state index contributed by atoms with van der Waals surface area (Å²) in [6.45, 7) is 10.4. The second-order valence-corrected chi connectivity index (χ2v) is 9.23. The number of alkyl halides is 3. The zero-order valence-electron chi connectivity index (χ0n) is 21.5. The van der Waals surface area contributed by atoms with Crippen LogP contribution in [0.3, 0.4) is 0 Å². The molecule has 8 nitrogen and oxygen atoms in total. The van der Waals surface area contributed by atoms with Gasteiger partial charge in [0.25, 0.3) is 0 Å². The van der Waals surface area contributed by atoms with Gasteiger partial charge in [-0.05, 0) is 77.4 Å². The number of hydrogen-bond acceptors (Lipinski definition) is 6. The highest BCUT2D eigenvalue weighted by Gasteiger charge is 2.33. The lowest BCUT2D eigenvalue weighted by molar-refractivity contribution is -0.158. The molecule has 0 aliphatic carbocycles. The number of H-pyrrole nitrogens is 1. The molecule has 0 aliphatic heterocycles. The number of hydrogen-bond donors (Lipinski definition) is 1. The predicted molar refractivity (Wildman–Crippen MR) is 130 cm³/mol. The molecule has 37 heavy (non-hydrogen) atoms. The van der Waals surface area contributed by atoms with E-state index in [1.54, 1.807) is 59.7 Å². The Morgan fingerprint density at radius 3 is 2.30 bits per heavy atom. The number of nitrogens with one attached hydrogen (secondary N) is 1. The number of ether oxygens (including phenoxy) is 3. The molecule has 0 saturated carbocycles. The van der Waals surface area contributed by atoms with Crippen molar-refractivity contribution in [3.8, 4) is 11.5 Å². The van der Waals surface area contributed by atoms with E-state index in [9.17, 15) is 22.8 Å². The van der Waals surface area contributed by atoms with Crippen LogP contribution in [-0.2, 0) is 15.7 Å². The molecule has 11 heteroatoms. The van der Waals surface area contributed by atoms with Crippen LogP contribution in [-0.4, -0.2) is 32.9 Å². The van der Waals surface area contributed by atoms with Gasteiger partial charge in [0.15, 0.2) is 17.5 Å². The summed E-state index contributed by atoms with van der Waals surface area (Å²) < 4.78 is 57.9. The fourth-order valence-electron chi connectivity index (χ4n) is 3.68. The number of carbonyl (C=O) groups is 1. The average Bonchev–Trinajstić information content (AvgIpc) is 3.20. The van der Waals surface area contributed by atoms with Crippen molar-refractivity contribution in [2.24, 2.45) is 0 Å². The van der Waals surface area contributed by atoms with E-state index in [2.05, 4.69) is 10.2 Å². The van der Waals surface area contributed by atoms with Crippen LogP contribution in [0.25, 0.3) is 0 Å². The van der Waals surface area contributed by atoms with E-state index >= 15 is 0 Å². The van der Waals surface area contributed by atoms with Crippen LogP contribution in [0.15, 0.2) is 47.3 Å². The highest BCUT2D eigenvalue weighted by molar-refractivity contribution is 5.79. The number of benzene rings is 2. The van der Waals surface area contributed by atoms with Crippen LogP contribution in [0.4, 0.5) is 13.2 Å². The van der Waals surface area contributed by atoms with E-state index in [1.165, 1.54) is 16.7 Å². The van der Waals surface area contributed by atoms with E-state index in [4.69, 9.17) is 14.2 Å². The normalized spacial score (nSPS) is 12.9. The third-order valence-electron chi connectivity index (χ3n) is 5.56. The number of nitrogens with zero attached hydrogens (tertiary/aromatic N) is 2. The summed E-state index contributed by atoms with van der Waals surface area (Å²) in [6.07, 6.45) is -5.49. The maximum absolute atomic E-state index is 13.1. The summed E-state index contributed by atoms with van der Waals surface area (Å²) in [7, 11) is 0. The topological polar surface area (TPSA) is 95.4 Å². The fraction of sp³-hybridized carbons (Fsp3) is 0.423. The summed E-state index contributed by atoms with van der Waals surface area (Å²) in [6, 6.07) is 9.10. The van der Waals surface area contributed by atoms with Gasteiger partial charge in [0.2, 0.25) is 0 Å². The zero-order chi connectivity index (χ0) is 27.5. The van der Waals surface area contributed by atoms with Crippen LogP contribution in [0.5, 0.6) is 11.5 Å². The Morgan fingerprint density at radius 2 is 1.76 bits per heavy atom. The highest BCUT2D eigenvalue weighted by atomic mass is 19.4. The number of carbonyl (C=O) groups excluding carboxylic acids is 1. The molecule has 3 rings (SSSR count). The van der Waals surface area contributed by atoms with Gasteiger partial charge in [0.05, 0.1) is 12.2 Å². The second-order valence-electron chi connectivity index (χ2n) is 9.23. The number of rotatable bonds is 9. The molecule has 0 radical (unpaired) electrons. The highest BCUT2D eigenvalue weighted by Crippen LogP contribution is 2.34. The van der Waals surface area contributed by atoms with Gasteiger partial charge in [0, 0.05) is 11.6 Å². The monoisotopic (exact) mass is 521 g/mol. The number of halogens is 3. The molecule has 0 bridgehead atoms. The molecule has 0 aliphatic rings. The van der Waals surface area contributed by atoms with Crippen molar-refractivity contribution in [3.05, 3.63) is 75.5 Å². The van der Waals surface area contributed by atoms with Crippen LogP contribution >= 0.6 is 0 Å². The minimum absolute atomic E-state index is 0.209. The van der Waals surface area contributed by atoms with Gasteiger partial charge in [-0.2, -0.15) is 18.3 Å². The van der Waals surface area contributed by atoms with Crippen molar-refractivity contribution in [1.29, 1.82) is 0 Å². The van der Waals surface area contributed by atoms with Gasteiger partial charge in [-0.1, -0.05) is 12.1 Å². The van der Waals surface area contributed by atoms with Crippen molar-refractivity contribution < 1.29 is 32.2 Å². The molecule has 0 amide bonds. The second kappa shape index (κ2) is 10.7. The number of esters is 1. The largest absolute Gasteiger partial charge is 0.478 e. The van der Waals surface area contributed by atoms with E-state index in [-0.39, 0.29) is 18.5 Å². The van der Waals surface area contributed by atoms with E-state index in [1.807, 2.05) is 0 Å². The first-order valence-corrected chi connectivity index (χ1v) is 11.7. The van der Waals surface area contributed by atoms with Crippen molar-refractivity contribution in [2.45, 2.75) is 65.5 Å². The number of aromatic nitrogens is 3. The molecule has 0 fully saturated rings. The molecule has 2 aromatic carbocycles. The van der Waals surface area contributed by atoms with E-state index in [0.29, 0.717) is 22.6 Å². The van der Waals surface area contributed by atoms with Crippen LogP contribution < -0.4 is 15.2 Å². The molecule has 0 saturated heterocycles. The molecule has 1 heterocycles. The van der Waals surface area contributed by atoms with Crippen LogP contribution in [0, 0.1) is 6.92 Å². The van der Waals surface area contributed by atoms with E-state index < -0.39 is 35.1 Å². The minimum atomic E-state index is -4.49. The van der Waals surface area contributed by atoms with Gasteiger partial charge in [0.1, 0.15) is 11.5 Å². The van der Waals surface area contributed by atoms with Gasteiger partial charge >= 0.3 is 17.8 Å². The lowest BCUT2D eigenvalue weighted by atomic mass is 10.1. The zero-order valence-corrected chi connectivity index (χ0v) is 21.5. The maximum atomic E-state index is 13.1. The molecular formula is C26H30F3N3O5. The molecule has 1 N–H and O–H groups in total. The average molecular weight is 522 g/mol. The smallest absolute Gasteiger partial charge is 0.416 e. The Labute approximate surface area is 212 Å². The number of aromatic amines is 1. The first-order chi connectivity index (χ1) is 17.2. The lowest BCUT2D eigenvalue weighted by Gasteiger charge is -2.26. The SMILES string of the molecule is CCOC(=O)C(C)(C)Oc1ccc(OC(c2ccc(C(F)(F)F)cc2)c2n[nH]c(=O)n2C(C)C)cc1C. The molecule has 1 atom stereocenters. The quantitative estimate of drug-likeness (QED) is 0.381. The third-order valence-corrected chi connectivity index (χ3v) is 5.56. The summed E-state index contributed by atoms with van der Waals surface area (Å²) >= 11 is 0. The van der Waals surface area contributed by atoms with Crippen LogP contribution in [0.1, 0.15) is 69.3 Å². The Hall–Kier alpha value is -3.76. The third kappa shape index (κ3) is 6.33. The Morgan fingerprint density at radius 1 is 1.11 bits per heavy atom. The predicted octanol–water partition coefficient (Wildman–Crippen LogP) is 5.37. The lowest BCUT2D eigenvalue weighted by Crippen LogP contribution is -2.39. The molecule has 1 aromatic heterocycles. The first-order valence-electron chi connectivity index (χ1n) is 11.7. The Balaban J connectivity index is 1.98. The van der Waals surface area contributed by atoms with Crippen LogP contribution in [0.2, 0.25) is 0 Å². The van der Waals surface area contributed by atoms with Gasteiger partial charge in [-0.25, -0.2) is 14.7 Å². The summed E-state index contributed by atoms with van der Waals surface area (Å²) in [5.74, 6) is 0.480. The molecular weight excluding hydrogens is 491 g/mol. The van der Waals surface area contributed by atoms with Crippen molar-refractivity contribution >= 4 is 5.97 Å². The maximum Gasteiger partial charge on any atom is 0.416 e. The first kappa shape index (κ1) is 27.8. The van der Waals surface area contributed by atoms with Crippen molar-refractivity contribution in [3.63, 3.8) is 0 Å². The van der Waals surface area contributed by atoms with Gasteiger partial charge in [-0.3, -0.25) is 4.57 Å². The standard InChI is InChI=1S/C26H30F3N3O5/c1-7-35-23(33)25(5,6)37-20-13-12-19(14-16(20)4)36-21(22-30-31-24(34)32(22)15(2)3)17-8-10-18(11-9-17)26(27,28)29/h8-15,21H,7H2,1-6H3,(H,31,34). The summed E-state index contributed by atoms with van der Waals surface area (Å²) in [5.41, 5.74) is -1.49. The molecule has 1 unspecified atom stereocenters. The minimum Gasteiger partial charge on any atom is -0.478 e. The summed E-state index contributed by atoms with van der Waals surface area (Å²) in [5, 5.41) is 6.50. The van der Waals surface area contributed by atoms with E-state index in [0.717, 1.165) is 12.1 Å². The molecule has 200 valence electrons. The van der Waals surface area contributed by atoms with Gasteiger partial charge < -0.3 is 14.2 Å².